The van der Waals surface area contributed by atoms with E-state index < -0.39 is 10.0 Å². The van der Waals surface area contributed by atoms with Crippen molar-refractivity contribution < 1.29 is 13.2 Å². The fourth-order valence-electron chi connectivity index (χ4n) is 5.41. The van der Waals surface area contributed by atoms with E-state index in [1.165, 1.54) is 6.26 Å². The highest BCUT2D eigenvalue weighted by Gasteiger charge is 2.46. The summed E-state index contributed by atoms with van der Waals surface area (Å²) in [5.74, 6) is -0.118. The van der Waals surface area contributed by atoms with Crippen molar-refractivity contribution in [3.63, 3.8) is 0 Å². The third-order valence-electron chi connectivity index (χ3n) is 7.17. The van der Waals surface area contributed by atoms with Gasteiger partial charge in [0, 0.05) is 36.1 Å². The molecule has 3 aromatic rings. The molecule has 7 nitrogen and oxygen atoms in total. The van der Waals surface area contributed by atoms with Crippen LogP contribution in [0.4, 0.5) is 5.69 Å². The van der Waals surface area contributed by atoms with Crippen LogP contribution in [0.2, 0.25) is 0 Å². The SMILES string of the molecule is C[C@@H](CN1CCC2(CC1)CN(S(C)(=O)=O)c1ccccc12)NC(=O)c1cnc2ccccc2c1. The number of carbonyl (C=O) groups is 1. The number of para-hydroxylation sites is 2. The number of rotatable bonds is 5. The maximum Gasteiger partial charge on any atom is 0.253 e. The molecular weight excluding hydrogens is 448 g/mol. The number of nitrogens with one attached hydrogen (secondary N) is 1. The summed E-state index contributed by atoms with van der Waals surface area (Å²) in [5.41, 5.74) is 3.26. The predicted octanol–water partition coefficient (Wildman–Crippen LogP) is 3.17. The largest absolute Gasteiger partial charge is 0.348 e. The maximum atomic E-state index is 12.8. The minimum absolute atomic E-state index is 0.0172. The van der Waals surface area contributed by atoms with Crippen molar-refractivity contribution in [2.24, 2.45) is 0 Å². The summed E-state index contributed by atoms with van der Waals surface area (Å²) < 4.78 is 26.4. The number of benzene rings is 2. The highest BCUT2D eigenvalue weighted by atomic mass is 32.2. The zero-order valence-electron chi connectivity index (χ0n) is 19.6. The van der Waals surface area contributed by atoms with Crippen LogP contribution in [0, 0.1) is 0 Å². The third-order valence-corrected chi connectivity index (χ3v) is 8.29. The Morgan fingerprint density at radius 2 is 1.82 bits per heavy atom. The number of nitrogens with zero attached hydrogens (tertiary/aromatic N) is 3. The molecule has 3 heterocycles. The molecule has 1 aromatic heterocycles. The first-order chi connectivity index (χ1) is 16.2. The first-order valence-electron chi connectivity index (χ1n) is 11.7. The Labute approximate surface area is 200 Å². The molecule has 1 fully saturated rings. The van der Waals surface area contributed by atoms with Gasteiger partial charge in [-0.3, -0.25) is 14.1 Å². The molecule has 0 bridgehead atoms. The molecule has 1 saturated heterocycles. The lowest BCUT2D eigenvalue weighted by Crippen LogP contribution is -2.49. The number of aromatic nitrogens is 1. The summed E-state index contributed by atoms with van der Waals surface area (Å²) in [4.78, 5) is 19.5. The number of likely N-dealkylation sites (tertiary alicyclic amines) is 1. The number of pyridine rings is 1. The lowest BCUT2D eigenvalue weighted by molar-refractivity contribution is 0.0917. The molecule has 5 rings (SSSR count). The Morgan fingerprint density at radius 3 is 2.59 bits per heavy atom. The van der Waals surface area contributed by atoms with Gasteiger partial charge in [-0.05, 0) is 56.6 Å². The van der Waals surface area contributed by atoms with Gasteiger partial charge < -0.3 is 10.2 Å². The number of amides is 1. The molecule has 2 aliphatic heterocycles. The van der Waals surface area contributed by atoms with Crippen molar-refractivity contribution in [1.29, 1.82) is 0 Å². The molecule has 1 N–H and O–H groups in total. The number of sulfonamides is 1. The lowest BCUT2D eigenvalue weighted by Gasteiger charge is -2.40. The van der Waals surface area contributed by atoms with Gasteiger partial charge in [-0.15, -0.1) is 0 Å². The number of hydrogen-bond donors (Lipinski definition) is 1. The topological polar surface area (TPSA) is 82.6 Å². The summed E-state index contributed by atoms with van der Waals surface area (Å²) >= 11 is 0. The molecule has 8 heteroatoms. The Balaban J connectivity index is 1.21. The second-order valence-corrected chi connectivity index (χ2v) is 11.6. The first-order valence-corrected chi connectivity index (χ1v) is 13.6. The van der Waals surface area contributed by atoms with E-state index >= 15 is 0 Å². The normalized spacial score (nSPS) is 18.7. The summed E-state index contributed by atoms with van der Waals surface area (Å²) in [7, 11) is -3.31. The quantitative estimate of drug-likeness (QED) is 0.609. The van der Waals surface area contributed by atoms with Crippen molar-refractivity contribution in [2.45, 2.75) is 31.2 Å². The number of hydrogen-bond acceptors (Lipinski definition) is 5. The fourth-order valence-corrected chi connectivity index (χ4v) is 6.41. The molecule has 1 atom stereocenters. The van der Waals surface area contributed by atoms with Gasteiger partial charge in [-0.25, -0.2) is 8.42 Å². The molecular formula is C26H30N4O3S. The van der Waals surface area contributed by atoms with Crippen LogP contribution >= 0.6 is 0 Å². The van der Waals surface area contributed by atoms with E-state index in [9.17, 15) is 13.2 Å². The van der Waals surface area contributed by atoms with E-state index in [2.05, 4.69) is 21.3 Å². The number of carbonyl (C=O) groups excluding carboxylic acids is 1. The Kier molecular flexibility index (Phi) is 5.81. The predicted molar refractivity (Wildman–Crippen MR) is 135 cm³/mol. The monoisotopic (exact) mass is 478 g/mol. The van der Waals surface area contributed by atoms with Crippen LogP contribution in [-0.2, 0) is 15.4 Å². The van der Waals surface area contributed by atoms with E-state index in [1.807, 2.05) is 55.5 Å². The van der Waals surface area contributed by atoms with Gasteiger partial charge in [0.2, 0.25) is 10.0 Å². The molecule has 0 unspecified atom stereocenters. The fraction of sp³-hybridized carbons (Fsp3) is 0.385. The van der Waals surface area contributed by atoms with Gasteiger partial charge in [0.1, 0.15) is 0 Å². The van der Waals surface area contributed by atoms with E-state index in [0.29, 0.717) is 12.1 Å². The average molecular weight is 479 g/mol. The summed E-state index contributed by atoms with van der Waals surface area (Å²) in [6, 6.07) is 17.5. The third kappa shape index (κ3) is 4.28. The highest BCUT2D eigenvalue weighted by Crippen LogP contribution is 2.47. The minimum atomic E-state index is -3.31. The van der Waals surface area contributed by atoms with Gasteiger partial charge in [-0.2, -0.15) is 0 Å². The van der Waals surface area contributed by atoms with Crippen LogP contribution in [0.5, 0.6) is 0 Å². The van der Waals surface area contributed by atoms with E-state index in [4.69, 9.17) is 0 Å². The van der Waals surface area contributed by atoms with E-state index in [-0.39, 0.29) is 17.4 Å². The first kappa shape index (κ1) is 22.8. The van der Waals surface area contributed by atoms with Crippen LogP contribution in [-0.4, -0.2) is 62.7 Å². The lowest BCUT2D eigenvalue weighted by atomic mass is 9.74. The molecule has 34 heavy (non-hydrogen) atoms. The van der Waals surface area contributed by atoms with Crippen LogP contribution in [0.15, 0.2) is 60.8 Å². The van der Waals surface area contributed by atoms with Crippen LogP contribution in [0.3, 0.4) is 0 Å². The van der Waals surface area contributed by atoms with Crippen LogP contribution < -0.4 is 9.62 Å². The molecule has 0 aliphatic carbocycles. The Hall–Kier alpha value is -2.97. The van der Waals surface area contributed by atoms with E-state index in [1.54, 1.807) is 10.5 Å². The molecule has 0 radical (unpaired) electrons. The van der Waals surface area contributed by atoms with Crippen molar-refractivity contribution in [2.75, 3.05) is 36.7 Å². The standard InChI is InChI=1S/C26H30N4O3S/c1-19(28-25(31)21-15-20-7-3-5-9-23(20)27-16-21)17-29-13-11-26(12-14-29)18-30(34(2,32)33)24-10-6-4-8-22(24)26/h3-10,15-16,19H,11-14,17-18H2,1-2H3,(H,28,31)/t19-/m0/s1. The van der Waals surface area contributed by atoms with Crippen LogP contribution in [0.1, 0.15) is 35.7 Å². The maximum absolute atomic E-state index is 12.8. The zero-order chi connectivity index (χ0) is 23.9. The van der Waals surface area contributed by atoms with Gasteiger partial charge in [0.05, 0.1) is 23.0 Å². The second-order valence-electron chi connectivity index (χ2n) is 9.66. The number of fused-ring (bicyclic) bond motifs is 3. The highest BCUT2D eigenvalue weighted by molar-refractivity contribution is 7.92. The number of piperidine rings is 1. The van der Waals surface area contributed by atoms with Crippen molar-refractivity contribution in [3.05, 3.63) is 71.9 Å². The average Bonchev–Trinajstić information content (AvgIpc) is 3.15. The van der Waals surface area contributed by atoms with Gasteiger partial charge in [-0.1, -0.05) is 36.4 Å². The Bertz CT molecular complexity index is 1330. The number of anilines is 1. The second kappa shape index (κ2) is 8.67. The molecule has 2 aliphatic rings. The molecule has 1 spiro atoms. The van der Waals surface area contributed by atoms with Gasteiger partial charge in [0.15, 0.2) is 0 Å². The van der Waals surface area contributed by atoms with Crippen molar-refractivity contribution >= 4 is 32.5 Å². The molecule has 2 aromatic carbocycles. The smallest absolute Gasteiger partial charge is 0.253 e. The van der Waals surface area contributed by atoms with Crippen molar-refractivity contribution in [3.8, 4) is 0 Å². The molecule has 0 saturated carbocycles. The summed E-state index contributed by atoms with van der Waals surface area (Å²) in [6.45, 7) is 5.01. The van der Waals surface area contributed by atoms with Crippen molar-refractivity contribution in [1.82, 2.24) is 15.2 Å². The minimum Gasteiger partial charge on any atom is -0.348 e. The summed E-state index contributed by atoms with van der Waals surface area (Å²) in [5, 5.41) is 4.05. The van der Waals surface area contributed by atoms with E-state index in [0.717, 1.165) is 54.6 Å². The zero-order valence-corrected chi connectivity index (χ0v) is 20.4. The van der Waals surface area contributed by atoms with Gasteiger partial charge >= 0.3 is 0 Å². The van der Waals surface area contributed by atoms with Crippen LogP contribution in [0.25, 0.3) is 10.9 Å². The molecule has 1 amide bonds. The molecule has 178 valence electrons. The van der Waals surface area contributed by atoms with Gasteiger partial charge in [0.25, 0.3) is 5.91 Å². The Morgan fingerprint density at radius 1 is 1.12 bits per heavy atom. The summed E-state index contributed by atoms with van der Waals surface area (Å²) in [6.07, 6.45) is 4.70.